The number of nitrogens with zero attached hydrogens (tertiary/aromatic N) is 3. The van der Waals surface area contributed by atoms with E-state index in [9.17, 15) is 19.5 Å². The number of halogens is 2. The van der Waals surface area contributed by atoms with Crippen molar-refractivity contribution in [2.45, 2.75) is 64.6 Å². The second kappa shape index (κ2) is 14.2. The summed E-state index contributed by atoms with van der Waals surface area (Å²) in [4.78, 5) is 37.2. The van der Waals surface area contributed by atoms with Gasteiger partial charge in [-0.05, 0) is 95.1 Å². The Morgan fingerprint density at radius 2 is 1.65 bits per heavy atom. The highest BCUT2D eigenvalue weighted by molar-refractivity contribution is 9.10. The zero-order chi connectivity index (χ0) is 31.9. The van der Waals surface area contributed by atoms with E-state index in [-0.39, 0.29) is 5.56 Å². The lowest BCUT2D eigenvalue weighted by molar-refractivity contribution is 0.0636. The number of rotatable bonds is 5. The van der Waals surface area contributed by atoms with E-state index in [4.69, 9.17) is 4.74 Å². The van der Waals surface area contributed by atoms with E-state index in [1.165, 1.54) is 9.58 Å². The standard InChI is InChI=1S/C20H20BrN3O3.C12H16BrNO2/c1-20(2,3)27-19(26)23-16-6-4-5-13(9-16)12-24-18(25)17-8-7-15(21)10-14(17)11-22-24;1-12(2,3)14(11(15)16)10-6-4-5-9(7-10)8-13/h4-11H,12H2,1-3H3,(H,23,26);4-7H,8H2,1-3H3,(H,15,16). The molecule has 0 saturated carbocycles. The normalized spacial score (nSPS) is 11.3. The average Bonchev–Trinajstić information content (AvgIpc) is 2.89. The molecule has 0 saturated heterocycles. The first-order valence-electron chi connectivity index (χ1n) is 13.5. The van der Waals surface area contributed by atoms with Gasteiger partial charge >= 0.3 is 12.2 Å². The Balaban J connectivity index is 0.000000271. The molecule has 0 radical (unpaired) electrons. The molecular formula is C32H36Br2N4O5. The molecule has 1 heterocycles. The number of benzene rings is 3. The fraction of sp³-hybridized carbons (Fsp3) is 0.312. The molecule has 2 amide bonds. The lowest BCUT2D eigenvalue weighted by Gasteiger charge is -2.33. The number of amides is 2. The number of hydrogen-bond acceptors (Lipinski definition) is 5. The summed E-state index contributed by atoms with van der Waals surface area (Å²) in [5, 5.41) is 18.3. The molecule has 0 fully saturated rings. The van der Waals surface area contributed by atoms with Crippen LogP contribution in [0, 0.1) is 0 Å². The molecule has 0 atom stereocenters. The zero-order valence-corrected chi connectivity index (χ0v) is 28.2. The highest BCUT2D eigenvalue weighted by Crippen LogP contribution is 2.25. The van der Waals surface area contributed by atoms with Gasteiger partial charge in [0.1, 0.15) is 5.60 Å². The molecule has 228 valence electrons. The molecule has 2 N–H and O–H groups in total. The molecule has 4 aromatic rings. The molecular weight excluding hydrogens is 680 g/mol. The molecule has 1 aromatic heterocycles. The van der Waals surface area contributed by atoms with E-state index in [0.717, 1.165) is 26.3 Å². The van der Waals surface area contributed by atoms with E-state index >= 15 is 0 Å². The predicted octanol–water partition coefficient (Wildman–Crippen LogP) is 8.42. The minimum atomic E-state index is -0.931. The molecule has 0 aliphatic heterocycles. The maximum Gasteiger partial charge on any atom is 0.412 e. The van der Waals surface area contributed by atoms with Crippen LogP contribution in [0.25, 0.3) is 10.8 Å². The third kappa shape index (κ3) is 9.93. The van der Waals surface area contributed by atoms with Crippen LogP contribution in [0.4, 0.5) is 21.0 Å². The van der Waals surface area contributed by atoms with Gasteiger partial charge in [0.05, 0.1) is 18.1 Å². The fourth-order valence-electron chi connectivity index (χ4n) is 4.18. The van der Waals surface area contributed by atoms with Crippen LogP contribution in [0.2, 0.25) is 0 Å². The van der Waals surface area contributed by atoms with Crippen molar-refractivity contribution < 1.29 is 19.4 Å². The monoisotopic (exact) mass is 714 g/mol. The smallest absolute Gasteiger partial charge is 0.412 e. The first-order valence-corrected chi connectivity index (χ1v) is 15.4. The number of anilines is 2. The van der Waals surface area contributed by atoms with Gasteiger partial charge in [0.15, 0.2) is 0 Å². The summed E-state index contributed by atoms with van der Waals surface area (Å²) in [5.41, 5.74) is 2.03. The Labute approximate surface area is 268 Å². The largest absolute Gasteiger partial charge is 0.465 e. The Hall–Kier alpha value is -3.70. The minimum absolute atomic E-state index is 0.162. The van der Waals surface area contributed by atoms with Gasteiger partial charge in [-0.15, -0.1) is 0 Å². The molecule has 0 aliphatic carbocycles. The van der Waals surface area contributed by atoms with Crippen LogP contribution in [-0.4, -0.2) is 38.2 Å². The SMILES string of the molecule is CC(C)(C)N(C(=O)O)c1cccc(CBr)c1.CC(C)(C)OC(=O)Nc1cccc(Cn2ncc3cc(Br)ccc3c2=O)c1. The Morgan fingerprint density at radius 3 is 2.28 bits per heavy atom. The lowest BCUT2D eigenvalue weighted by Crippen LogP contribution is -2.45. The molecule has 0 aliphatic rings. The van der Waals surface area contributed by atoms with Crippen LogP contribution in [0.5, 0.6) is 0 Å². The Kier molecular flexibility index (Phi) is 11.1. The van der Waals surface area contributed by atoms with Crippen LogP contribution in [0.1, 0.15) is 52.7 Å². The molecule has 43 heavy (non-hydrogen) atoms. The molecule has 0 unspecified atom stereocenters. The third-order valence-electron chi connectivity index (χ3n) is 5.90. The molecule has 9 nitrogen and oxygen atoms in total. The van der Waals surface area contributed by atoms with Gasteiger partial charge < -0.3 is 9.84 Å². The summed E-state index contributed by atoms with van der Waals surface area (Å²) in [6.45, 7) is 11.3. The van der Waals surface area contributed by atoms with E-state index in [1.54, 1.807) is 45.2 Å². The zero-order valence-electron chi connectivity index (χ0n) is 25.0. The third-order valence-corrected chi connectivity index (χ3v) is 7.05. The van der Waals surface area contributed by atoms with Crippen LogP contribution in [-0.2, 0) is 16.6 Å². The van der Waals surface area contributed by atoms with E-state index in [0.29, 0.717) is 23.3 Å². The van der Waals surface area contributed by atoms with Crippen molar-refractivity contribution in [1.29, 1.82) is 0 Å². The summed E-state index contributed by atoms with van der Waals surface area (Å²) in [6, 6.07) is 20.2. The average molecular weight is 716 g/mol. The van der Waals surface area contributed by atoms with E-state index in [2.05, 4.69) is 42.3 Å². The number of aromatic nitrogens is 2. The fourth-order valence-corrected chi connectivity index (χ4v) is 4.90. The molecule has 0 bridgehead atoms. The Morgan fingerprint density at radius 1 is 0.977 bits per heavy atom. The van der Waals surface area contributed by atoms with Crippen LogP contribution in [0.15, 0.2) is 82.2 Å². The first kappa shape index (κ1) is 33.8. The minimum Gasteiger partial charge on any atom is -0.465 e. The van der Waals surface area contributed by atoms with Crippen molar-refractivity contribution in [2.75, 3.05) is 10.2 Å². The number of hydrogen-bond donors (Lipinski definition) is 2. The van der Waals surface area contributed by atoms with Crippen molar-refractivity contribution in [2.24, 2.45) is 0 Å². The summed E-state index contributed by atoms with van der Waals surface area (Å²) >= 11 is 6.76. The molecule has 0 spiro atoms. The number of fused-ring (bicyclic) bond motifs is 1. The number of carbonyl (C=O) groups excluding carboxylic acids is 1. The van der Waals surface area contributed by atoms with Crippen molar-refractivity contribution in [1.82, 2.24) is 9.78 Å². The summed E-state index contributed by atoms with van der Waals surface area (Å²) < 4.78 is 7.56. The summed E-state index contributed by atoms with van der Waals surface area (Å²) in [7, 11) is 0. The van der Waals surface area contributed by atoms with Crippen LogP contribution in [0.3, 0.4) is 0 Å². The van der Waals surface area contributed by atoms with Gasteiger partial charge in [0.2, 0.25) is 0 Å². The van der Waals surface area contributed by atoms with E-state index < -0.39 is 23.3 Å². The topological polar surface area (TPSA) is 114 Å². The van der Waals surface area contributed by atoms with Gasteiger partial charge in [-0.2, -0.15) is 5.10 Å². The summed E-state index contributed by atoms with van der Waals surface area (Å²) in [6.07, 6.45) is 0.218. The van der Waals surface area contributed by atoms with Gasteiger partial charge in [0, 0.05) is 32.1 Å². The second-order valence-electron chi connectivity index (χ2n) is 11.8. The highest BCUT2D eigenvalue weighted by Gasteiger charge is 2.27. The first-order chi connectivity index (χ1) is 20.1. The molecule has 4 rings (SSSR count). The van der Waals surface area contributed by atoms with Gasteiger partial charge in [-0.3, -0.25) is 15.0 Å². The number of alkyl halides is 1. The van der Waals surface area contributed by atoms with Crippen molar-refractivity contribution >= 4 is 66.2 Å². The lowest BCUT2D eigenvalue weighted by atomic mass is 10.0. The van der Waals surface area contributed by atoms with Crippen molar-refractivity contribution in [3.05, 3.63) is 98.9 Å². The van der Waals surface area contributed by atoms with Crippen molar-refractivity contribution in [3.8, 4) is 0 Å². The Bertz CT molecular complexity index is 1660. The number of ether oxygens (including phenoxy) is 1. The molecule has 3 aromatic carbocycles. The quantitative estimate of drug-likeness (QED) is 0.201. The van der Waals surface area contributed by atoms with Crippen molar-refractivity contribution in [3.63, 3.8) is 0 Å². The number of carbonyl (C=O) groups is 2. The second-order valence-corrected chi connectivity index (χ2v) is 13.2. The van der Waals surface area contributed by atoms with Crippen LogP contribution < -0.4 is 15.8 Å². The predicted molar refractivity (Wildman–Crippen MR) is 178 cm³/mol. The number of carboxylic acid groups (broad SMARTS) is 1. The summed E-state index contributed by atoms with van der Waals surface area (Å²) in [5.74, 6) is 0. The van der Waals surface area contributed by atoms with Crippen LogP contribution >= 0.6 is 31.9 Å². The number of nitrogens with one attached hydrogen (secondary N) is 1. The van der Waals surface area contributed by atoms with Gasteiger partial charge in [0.25, 0.3) is 5.56 Å². The maximum absolute atomic E-state index is 12.7. The van der Waals surface area contributed by atoms with Gasteiger partial charge in [-0.1, -0.05) is 56.1 Å². The van der Waals surface area contributed by atoms with Gasteiger partial charge in [-0.25, -0.2) is 14.3 Å². The highest BCUT2D eigenvalue weighted by atomic mass is 79.9. The molecule has 11 heteroatoms. The maximum atomic E-state index is 12.7. The van der Waals surface area contributed by atoms with E-state index in [1.807, 2.05) is 69.3 Å².